The Morgan fingerprint density at radius 2 is 2.17 bits per heavy atom. The topological polar surface area (TPSA) is 82.9 Å². The Labute approximate surface area is 133 Å². The maximum absolute atomic E-state index is 14.3. The normalized spacial score (nSPS) is 13.3. The first-order valence-electron chi connectivity index (χ1n) is 7.25. The van der Waals surface area contributed by atoms with Crippen LogP contribution in [0.2, 0.25) is 0 Å². The van der Waals surface area contributed by atoms with Crippen LogP contribution in [0.3, 0.4) is 0 Å². The highest BCUT2D eigenvalue weighted by molar-refractivity contribution is 5.62. The summed E-state index contributed by atoms with van der Waals surface area (Å²) in [7, 11) is 3.22. The average Bonchev–Trinajstić information content (AvgIpc) is 3.41. The summed E-state index contributed by atoms with van der Waals surface area (Å²) in [4.78, 5) is 8.30. The van der Waals surface area contributed by atoms with E-state index in [-0.39, 0.29) is 11.6 Å². The SMILES string of the molecule is CNc1nc(Nc2cc(C#N)c(C3CC3)cc2F)ncc1OC. The highest BCUT2D eigenvalue weighted by atomic mass is 19.1. The number of anilines is 3. The molecule has 23 heavy (non-hydrogen) atoms. The van der Waals surface area contributed by atoms with Crippen molar-refractivity contribution < 1.29 is 9.13 Å². The molecule has 7 heteroatoms. The molecule has 1 aromatic heterocycles. The summed E-state index contributed by atoms with van der Waals surface area (Å²) < 4.78 is 19.4. The van der Waals surface area contributed by atoms with Gasteiger partial charge in [-0.25, -0.2) is 9.37 Å². The third-order valence-electron chi connectivity index (χ3n) is 3.74. The standard InChI is InChI=1S/C16H16FN5O/c1-19-15-14(23-2)8-20-16(22-15)21-13-5-10(7-18)11(6-12(13)17)9-3-4-9/h5-6,8-9H,3-4H2,1-2H3,(H2,19,20,21,22). The van der Waals surface area contributed by atoms with Crippen LogP contribution < -0.4 is 15.4 Å². The van der Waals surface area contributed by atoms with Crippen molar-refractivity contribution in [3.63, 3.8) is 0 Å². The second-order valence-electron chi connectivity index (χ2n) is 5.29. The Morgan fingerprint density at radius 3 is 2.78 bits per heavy atom. The van der Waals surface area contributed by atoms with Gasteiger partial charge in [0.1, 0.15) is 5.82 Å². The lowest BCUT2D eigenvalue weighted by Crippen LogP contribution is -2.04. The molecule has 0 unspecified atom stereocenters. The zero-order valence-electron chi connectivity index (χ0n) is 12.9. The van der Waals surface area contributed by atoms with Gasteiger partial charge in [0.2, 0.25) is 5.95 Å². The summed E-state index contributed by atoms with van der Waals surface area (Å²) in [6, 6.07) is 5.07. The Morgan fingerprint density at radius 1 is 1.39 bits per heavy atom. The van der Waals surface area contributed by atoms with Gasteiger partial charge in [0.25, 0.3) is 0 Å². The predicted octanol–water partition coefficient (Wildman–Crippen LogP) is 3.16. The molecule has 3 rings (SSSR count). The Balaban J connectivity index is 1.92. The van der Waals surface area contributed by atoms with Gasteiger partial charge in [-0.15, -0.1) is 0 Å². The van der Waals surface area contributed by atoms with Crippen LogP contribution in [0.25, 0.3) is 0 Å². The van der Waals surface area contributed by atoms with Crippen molar-refractivity contribution in [1.29, 1.82) is 5.26 Å². The first-order valence-corrected chi connectivity index (χ1v) is 7.25. The molecule has 2 N–H and O–H groups in total. The number of halogens is 1. The monoisotopic (exact) mass is 313 g/mol. The highest BCUT2D eigenvalue weighted by Gasteiger charge is 2.27. The van der Waals surface area contributed by atoms with E-state index in [0.29, 0.717) is 23.0 Å². The van der Waals surface area contributed by atoms with E-state index in [0.717, 1.165) is 18.4 Å². The largest absolute Gasteiger partial charge is 0.491 e. The number of ether oxygens (including phenoxy) is 1. The van der Waals surface area contributed by atoms with Gasteiger partial charge in [0, 0.05) is 7.05 Å². The van der Waals surface area contributed by atoms with Crippen LogP contribution in [0.5, 0.6) is 5.75 Å². The van der Waals surface area contributed by atoms with Crippen LogP contribution in [0.4, 0.5) is 21.8 Å². The van der Waals surface area contributed by atoms with Crippen molar-refractivity contribution in [2.45, 2.75) is 18.8 Å². The second-order valence-corrected chi connectivity index (χ2v) is 5.29. The number of methoxy groups -OCH3 is 1. The Hall–Kier alpha value is -2.88. The Kier molecular flexibility index (Phi) is 3.98. The molecule has 118 valence electrons. The third kappa shape index (κ3) is 3.01. The molecule has 0 radical (unpaired) electrons. The van der Waals surface area contributed by atoms with Gasteiger partial charge in [-0.1, -0.05) is 0 Å². The van der Waals surface area contributed by atoms with E-state index in [9.17, 15) is 9.65 Å². The molecule has 1 saturated carbocycles. The quantitative estimate of drug-likeness (QED) is 0.882. The molecule has 0 saturated heterocycles. The molecule has 1 fully saturated rings. The first-order chi connectivity index (χ1) is 11.2. The number of nitrogens with one attached hydrogen (secondary N) is 2. The number of hydrogen-bond acceptors (Lipinski definition) is 6. The summed E-state index contributed by atoms with van der Waals surface area (Å²) >= 11 is 0. The molecule has 6 nitrogen and oxygen atoms in total. The zero-order chi connectivity index (χ0) is 16.4. The summed E-state index contributed by atoms with van der Waals surface area (Å²) in [6.45, 7) is 0. The van der Waals surface area contributed by atoms with Gasteiger partial charge in [-0.3, -0.25) is 0 Å². The summed E-state index contributed by atoms with van der Waals surface area (Å²) in [6.07, 6.45) is 3.50. The van der Waals surface area contributed by atoms with E-state index in [1.54, 1.807) is 7.05 Å². The minimum atomic E-state index is -0.420. The molecule has 1 aliphatic carbocycles. The molecule has 1 aliphatic rings. The van der Waals surface area contributed by atoms with E-state index in [1.807, 2.05) is 0 Å². The molecule has 0 atom stereocenters. The van der Waals surface area contributed by atoms with Crippen molar-refractivity contribution in [3.05, 3.63) is 35.3 Å². The van der Waals surface area contributed by atoms with Gasteiger partial charge in [-0.2, -0.15) is 10.2 Å². The molecular formula is C16H16FN5O. The van der Waals surface area contributed by atoms with Gasteiger partial charge in [-0.05, 0) is 36.5 Å². The number of hydrogen-bond donors (Lipinski definition) is 2. The van der Waals surface area contributed by atoms with Crippen LogP contribution >= 0.6 is 0 Å². The lowest BCUT2D eigenvalue weighted by Gasteiger charge is -2.12. The Bertz CT molecular complexity index is 783. The van der Waals surface area contributed by atoms with Crippen molar-refractivity contribution in [1.82, 2.24) is 9.97 Å². The molecule has 0 bridgehead atoms. The fourth-order valence-electron chi connectivity index (χ4n) is 2.39. The summed E-state index contributed by atoms with van der Waals surface area (Å²) in [5, 5.41) is 15.0. The number of benzene rings is 1. The van der Waals surface area contributed by atoms with Crippen LogP contribution in [-0.2, 0) is 0 Å². The van der Waals surface area contributed by atoms with Gasteiger partial charge >= 0.3 is 0 Å². The molecule has 1 aromatic carbocycles. The minimum absolute atomic E-state index is 0.179. The van der Waals surface area contributed by atoms with Gasteiger partial charge in [0.15, 0.2) is 11.6 Å². The highest BCUT2D eigenvalue weighted by Crippen LogP contribution is 2.42. The lowest BCUT2D eigenvalue weighted by atomic mass is 10.0. The van der Waals surface area contributed by atoms with Gasteiger partial charge < -0.3 is 15.4 Å². The van der Waals surface area contributed by atoms with Gasteiger partial charge in [0.05, 0.1) is 30.6 Å². The minimum Gasteiger partial charge on any atom is -0.491 e. The van der Waals surface area contributed by atoms with Crippen LogP contribution in [0.15, 0.2) is 18.3 Å². The number of nitriles is 1. The zero-order valence-corrected chi connectivity index (χ0v) is 12.9. The lowest BCUT2D eigenvalue weighted by molar-refractivity contribution is 0.413. The molecule has 2 aromatic rings. The van der Waals surface area contributed by atoms with E-state index in [4.69, 9.17) is 4.74 Å². The molecular weight excluding hydrogens is 297 g/mol. The van der Waals surface area contributed by atoms with Crippen LogP contribution in [0, 0.1) is 17.1 Å². The van der Waals surface area contributed by atoms with Crippen molar-refractivity contribution in [2.75, 3.05) is 24.8 Å². The van der Waals surface area contributed by atoms with Crippen molar-refractivity contribution in [2.24, 2.45) is 0 Å². The summed E-state index contributed by atoms with van der Waals surface area (Å²) in [5.74, 6) is 1.08. The van der Waals surface area contributed by atoms with Crippen molar-refractivity contribution in [3.8, 4) is 11.8 Å². The van der Waals surface area contributed by atoms with Crippen LogP contribution in [0.1, 0.15) is 29.9 Å². The fourth-order valence-corrected chi connectivity index (χ4v) is 2.39. The maximum atomic E-state index is 14.3. The van der Waals surface area contributed by atoms with Crippen molar-refractivity contribution >= 4 is 17.5 Å². The van der Waals surface area contributed by atoms with E-state index in [2.05, 4.69) is 26.7 Å². The molecule has 0 aliphatic heterocycles. The fraction of sp³-hybridized carbons (Fsp3) is 0.312. The number of rotatable bonds is 5. The van der Waals surface area contributed by atoms with E-state index < -0.39 is 5.82 Å². The molecule has 0 amide bonds. The predicted molar refractivity (Wildman–Crippen MR) is 84.5 cm³/mol. The van der Waals surface area contributed by atoms with Crippen LogP contribution in [-0.4, -0.2) is 24.1 Å². The maximum Gasteiger partial charge on any atom is 0.229 e. The third-order valence-corrected chi connectivity index (χ3v) is 3.74. The summed E-state index contributed by atoms with van der Waals surface area (Å²) in [5.41, 5.74) is 1.44. The van der Waals surface area contributed by atoms with E-state index >= 15 is 0 Å². The number of aromatic nitrogens is 2. The van der Waals surface area contributed by atoms with E-state index in [1.165, 1.54) is 25.4 Å². The smallest absolute Gasteiger partial charge is 0.229 e. The average molecular weight is 313 g/mol. The number of nitrogens with zero attached hydrogens (tertiary/aromatic N) is 3. The first kappa shape index (κ1) is 15.0. The molecule has 1 heterocycles. The second kappa shape index (κ2) is 6.08. The molecule has 0 spiro atoms.